The smallest absolute Gasteiger partial charge is 0.414 e. The third kappa shape index (κ3) is 6.89. The molecular weight excluding hydrogens is 340 g/mol. The van der Waals surface area contributed by atoms with E-state index in [1.165, 1.54) is 19.4 Å². The summed E-state index contributed by atoms with van der Waals surface area (Å²) in [4.78, 5) is 20.8. The topological polar surface area (TPSA) is 108 Å². The molecule has 1 aromatic rings. The van der Waals surface area contributed by atoms with Gasteiger partial charge in [0.1, 0.15) is 11.5 Å². The monoisotopic (exact) mass is 368 g/mol. The molecule has 1 aliphatic heterocycles. The number of methoxy groups -OCH3 is 2. The average Bonchev–Trinajstić information content (AvgIpc) is 3.09. The van der Waals surface area contributed by atoms with Crippen LogP contribution in [0.3, 0.4) is 0 Å². The van der Waals surface area contributed by atoms with E-state index >= 15 is 0 Å². The normalized spacial score (nSPS) is 16.5. The standard InChI is InChI=1S/C16H26N2O2.C2H2O4/c1-4-18-9-5-6-14(18)12-17-11-13-10-15(19-2)7-8-16(13)20-3;3-1(4)2(5)6/h7-8,10,14,17H,4-6,9,11-12H2,1-3H3;(H,3,4)(H,5,6). The Bertz CT molecular complexity index is 581. The Hall–Kier alpha value is -2.32. The minimum Gasteiger partial charge on any atom is -0.497 e. The maximum Gasteiger partial charge on any atom is 0.414 e. The molecule has 0 aromatic heterocycles. The number of carbonyl (C=O) groups is 2. The number of likely N-dealkylation sites (tertiary alicyclic amines) is 1. The highest BCUT2D eigenvalue weighted by molar-refractivity contribution is 6.27. The zero-order valence-corrected chi connectivity index (χ0v) is 15.5. The van der Waals surface area contributed by atoms with Crippen molar-refractivity contribution in [1.82, 2.24) is 10.2 Å². The Kier molecular flexibility index (Phi) is 9.46. The van der Waals surface area contributed by atoms with Crippen LogP contribution in [-0.2, 0) is 16.1 Å². The number of ether oxygens (including phenoxy) is 2. The molecule has 0 saturated carbocycles. The zero-order valence-electron chi connectivity index (χ0n) is 15.5. The minimum absolute atomic E-state index is 0.677. The number of rotatable bonds is 7. The number of carboxylic acids is 2. The lowest BCUT2D eigenvalue weighted by Crippen LogP contribution is -2.37. The number of benzene rings is 1. The molecule has 0 spiro atoms. The van der Waals surface area contributed by atoms with E-state index in [1.807, 2.05) is 18.2 Å². The molecule has 1 atom stereocenters. The Morgan fingerprint density at radius 3 is 2.46 bits per heavy atom. The molecule has 146 valence electrons. The molecule has 2 rings (SSSR count). The first-order valence-corrected chi connectivity index (χ1v) is 8.54. The Morgan fingerprint density at radius 1 is 1.23 bits per heavy atom. The predicted octanol–water partition coefficient (Wildman–Crippen LogP) is 1.43. The van der Waals surface area contributed by atoms with E-state index in [0.717, 1.165) is 36.7 Å². The molecule has 1 unspecified atom stereocenters. The van der Waals surface area contributed by atoms with E-state index in [-0.39, 0.29) is 0 Å². The third-order valence-corrected chi connectivity index (χ3v) is 4.27. The number of carboxylic acid groups (broad SMARTS) is 2. The van der Waals surface area contributed by atoms with Crippen molar-refractivity contribution in [2.24, 2.45) is 0 Å². The second kappa shape index (κ2) is 11.3. The van der Waals surface area contributed by atoms with Crippen LogP contribution in [0.1, 0.15) is 25.3 Å². The largest absolute Gasteiger partial charge is 0.497 e. The molecule has 0 aliphatic carbocycles. The number of nitrogens with zero attached hydrogens (tertiary/aromatic N) is 1. The van der Waals surface area contributed by atoms with Gasteiger partial charge in [-0.15, -0.1) is 0 Å². The van der Waals surface area contributed by atoms with Gasteiger partial charge in [-0.3, -0.25) is 4.90 Å². The van der Waals surface area contributed by atoms with Gasteiger partial charge in [0.15, 0.2) is 0 Å². The van der Waals surface area contributed by atoms with Gasteiger partial charge in [0.05, 0.1) is 14.2 Å². The van der Waals surface area contributed by atoms with E-state index in [9.17, 15) is 0 Å². The summed E-state index contributed by atoms with van der Waals surface area (Å²) in [5.74, 6) is -1.86. The van der Waals surface area contributed by atoms with Gasteiger partial charge in [-0.25, -0.2) is 9.59 Å². The number of likely N-dealkylation sites (N-methyl/N-ethyl adjacent to an activating group) is 1. The average molecular weight is 368 g/mol. The fraction of sp³-hybridized carbons (Fsp3) is 0.556. The van der Waals surface area contributed by atoms with Crippen LogP contribution in [0.15, 0.2) is 18.2 Å². The molecule has 1 fully saturated rings. The first-order chi connectivity index (χ1) is 12.4. The maximum atomic E-state index is 9.10. The van der Waals surface area contributed by atoms with Gasteiger partial charge in [-0.1, -0.05) is 6.92 Å². The second-order valence-electron chi connectivity index (χ2n) is 5.84. The summed E-state index contributed by atoms with van der Waals surface area (Å²) in [5, 5.41) is 18.3. The van der Waals surface area contributed by atoms with Crippen molar-refractivity contribution in [3.63, 3.8) is 0 Å². The van der Waals surface area contributed by atoms with Crippen LogP contribution in [-0.4, -0.2) is 66.9 Å². The lowest BCUT2D eigenvalue weighted by Gasteiger charge is -2.23. The van der Waals surface area contributed by atoms with Crippen LogP contribution >= 0.6 is 0 Å². The highest BCUT2D eigenvalue weighted by Gasteiger charge is 2.22. The minimum atomic E-state index is -1.82. The third-order valence-electron chi connectivity index (χ3n) is 4.27. The lowest BCUT2D eigenvalue weighted by atomic mass is 10.1. The van der Waals surface area contributed by atoms with Crippen LogP contribution in [0, 0.1) is 0 Å². The van der Waals surface area contributed by atoms with Crippen molar-refractivity contribution < 1.29 is 29.3 Å². The van der Waals surface area contributed by atoms with E-state index in [1.54, 1.807) is 14.2 Å². The van der Waals surface area contributed by atoms with Crippen molar-refractivity contribution in [2.45, 2.75) is 32.4 Å². The van der Waals surface area contributed by atoms with Crippen LogP contribution < -0.4 is 14.8 Å². The summed E-state index contributed by atoms with van der Waals surface area (Å²) in [5.41, 5.74) is 1.15. The first kappa shape index (κ1) is 21.7. The maximum absolute atomic E-state index is 9.10. The van der Waals surface area contributed by atoms with Gasteiger partial charge >= 0.3 is 11.9 Å². The fourth-order valence-corrected chi connectivity index (χ4v) is 2.94. The predicted molar refractivity (Wildman–Crippen MR) is 96.8 cm³/mol. The highest BCUT2D eigenvalue weighted by atomic mass is 16.5. The molecule has 1 saturated heterocycles. The molecule has 26 heavy (non-hydrogen) atoms. The van der Waals surface area contributed by atoms with E-state index in [4.69, 9.17) is 29.3 Å². The summed E-state index contributed by atoms with van der Waals surface area (Å²) in [6.45, 7) is 6.48. The molecule has 1 heterocycles. The van der Waals surface area contributed by atoms with Crippen LogP contribution in [0.5, 0.6) is 11.5 Å². The van der Waals surface area contributed by atoms with Gasteiger partial charge in [0.25, 0.3) is 0 Å². The molecule has 0 amide bonds. The molecule has 3 N–H and O–H groups in total. The quantitative estimate of drug-likeness (QED) is 0.621. The summed E-state index contributed by atoms with van der Waals surface area (Å²) in [6.07, 6.45) is 2.62. The van der Waals surface area contributed by atoms with E-state index in [2.05, 4.69) is 17.1 Å². The van der Waals surface area contributed by atoms with Crippen molar-refractivity contribution in [2.75, 3.05) is 33.9 Å². The summed E-state index contributed by atoms with van der Waals surface area (Å²) in [6, 6.07) is 6.61. The van der Waals surface area contributed by atoms with Crippen molar-refractivity contribution >= 4 is 11.9 Å². The number of aliphatic carboxylic acids is 2. The molecule has 1 aliphatic rings. The van der Waals surface area contributed by atoms with Crippen molar-refractivity contribution in [3.8, 4) is 11.5 Å². The molecule has 8 nitrogen and oxygen atoms in total. The number of hydrogen-bond donors (Lipinski definition) is 3. The molecule has 8 heteroatoms. The fourth-order valence-electron chi connectivity index (χ4n) is 2.94. The summed E-state index contributed by atoms with van der Waals surface area (Å²) < 4.78 is 10.7. The highest BCUT2D eigenvalue weighted by Crippen LogP contribution is 2.24. The van der Waals surface area contributed by atoms with Crippen molar-refractivity contribution in [3.05, 3.63) is 23.8 Å². The Morgan fingerprint density at radius 2 is 1.92 bits per heavy atom. The van der Waals surface area contributed by atoms with E-state index in [0.29, 0.717) is 6.04 Å². The van der Waals surface area contributed by atoms with Crippen LogP contribution in [0.4, 0.5) is 0 Å². The van der Waals surface area contributed by atoms with Gasteiger partial charge in [0.2, 0.25) is 0 Å². The second-order valence-corrected chi connectivity index (χ2v) is 5.84. The summed E-state index contributed by atoms with van der Waals surface area (Å²) in [7, 11) is 3.40. The zero-order chi connectivity index (χ0) is 19.5. The van der Waals surface area contributed by atoms with Crippen LogP contribution in [0.2, 0.25) is 0 Å². The molecular formula is C18H28N2O6. The Labute approximate surface area is 153 Å². The first-order valence-electron chi connectivity index (χ1n) is 8.54. The Balaban J connectivity index is 0.000000487. The molecule has 0 bridgehead atoms. The van der Waals surface area contributed by atoms with E-state index < -0.39 is 11.9 Å². The molecule has 0 radical (unpaired) electrons. The van der Waals surface area contributed by atoms with Gasteiger partial charge in [-0.05, 0) is 44.1 Å². The van der Waals surface area contributed by atoms with Gasteiger partial charge in [-0.2, -0.15) is 0 Å². The van der Waals surface area contributed by atoms with Crippen molar-refractivity contribution in [1.29, 1.82) is 0 Å². The summed E-state index contributed by atoms with van der Waals surface area (Å²) >= 11 is 0. The van der Waals surface area contributed by atoms with Crippen LogP contribution in [0.25, 0.3) is 0 Å². The van der Waals surface area contributed by atoms with Gasteiger partial charge in [0, 0.05) is 24.7 Å². The molecule has 1 aromatic carbocycles. The SMILES string of the molecule is CCN1CCCC1CNCc1cc(OC)ccc1OC.O=C(O)C(=O)O. The lowest BCUT2D eigenvalue weighted by molar-refractivity contribution is -0.159. The number of hydrogen-bond acceptors (Lipinski definition) is 6. The van der Waals surface area contributed by atoms with Gasteiger partial charge < -0.3 is 25.0 Å². The number of nitrogens with one attached hydrogen (secondary N) is 1.